The summed E-state index contributed by atoms with van der Waals surface area (Å²) in [5.41, 5.74) is 0.0793. The number of ether oxygens (including phenoxy) is 1. The Kier molecular flexibility index (Phi) is 3.67. The Morgan fingerprint density at radius 3 is 2.67 bits per heavy atom. The van der Waals surface area contributed by atoms with Crippen LogP contribution in [0.1, 0.15) is 26.3 Å². The Morgan fingerprint density at radius 2 is 2.10 bits per heavy atom. The second-order valence-corrected chi connectivity index (χ2v) is 5.28. The van der Waals surface area contributed by atoms with Crippen LogP contribution in [0.2, 0.25) is 0 Å². The van der Waals surface area contributed by atoms with Gasteiger partial charge in [-0.05, 0) is 32.4 Å². The summed E-state index contributed by atoms with van der Waals surface area (Å²) in [5, 5.41) is 10.9. The Morgan fingerprint density at radius 1 is 1.43 bits per heavy atom. The summed E-state index contributed by atoms with van der Waals surface area (Å²) in [7, 11) is 0. The molecule has 0 radical (unpaired) electrons. The van der Waals surface area contributed by atoms with Gasteiger partial charge in [-0.25, -0.2) is 0 Å². The fourth-order valence-electron chi connectivity index (χ4n) is 2.43. The lowest BCUT2D eigenvalue weighted by molar-refractivity contribution is -0.384. The van der Waals surface area contributed by atoms with Crippen LogP contribution in [0.5, 0.6) is 0 Å². The number of benzene rings is 1. The summed E-state index contributed by atoms with van der Waals surface area (Å²) in [6.07, 6.45) is 0. The van der Waals surface area contributed by atoms with Crippen molar-refractivity contribution in [2.45, 2.75) is 26.2 Å². The van der Waals surface area contributed by atoms with E-state index in [4.69, 9.17) is 4.74 Å². The van der Waals surface area contributed by atoms with Gasteiger partial charge in [-0.15, -0.1) is 0 Å². The van der Waals surface area contributed by atoms with E-state index in [1.807, 2.05) is 0 Å². The predicted octanol–water partition coefficient (Wildman–Crippen LogP) is 1.78. The smallest absolute Gasteiger partial charge is 0.326 e. The van der Waals surface area contributed by atoms with Crippen molar-refractivity contribution in [3.8, 4) is 0 Å². The van der Waals surface area contributed by atoms with Crippen LogP contribution in [-0.2, 0) is 19.7 Å². The first-order valence-electron chi connectivity index (χ1n) is 6.55. The maximum Gasteiger partial charge on any atom is 0.326 e. The molecule has 0 fully saturated rings. The molecule has 7 heteroatoms. The fourth-order valence-corrected chi connectivity index (χ4v) is 2.43. The first-order valence-corrected chi connectivity index (χ1v) is 6.55. The molecule has 21 heavy (non-hydrogen) atoms. The number of anilines is 1. The topological polar surface area (TPSA) is 89.8 Å². The highest BCUT2D eigenvalue weighted by molar-refractivity contribution is 6.10. The number of hydrogen-bond acceptors (Lipinski definition) is 5. The summed E-state index contributed by atoms with van der Waals surface area (Å²) >= 11 is 0. The highest BCUT2D eigenvalue weighted by Crippen LogP contribution is 2.42. The van der Waals surface area contributed by atoms with Crippen molar-refractivity contribution in [3.63, 3.8) is 0 Å². The highest BCUT2D eigenvalue weighted by atomic mass is 16.6. The molecule has 112 valence electrons. The number of carbonyl (C=O) groups is 2. The monoisotopic (exact) mass is 292 g/mol. The molecule has 1 heterocycles. The number of esters is 1. The van der Waals surface area contributed by atoms with Gasteiger partial charge in [0.2, 0.25) is 5.91 Å². The molecule has 0 aromatic heterocycles. The van der Waals surface area contributed by atoms with Crippen molar-refractivity contribution in [2.75, 3.05) is 18.1 Å². The van der Waals surface area contributed by atoms with Crippen LogP contribution in [0, 0.1) is 10.1 Å². The summed E-state index contributed by atoms with van der Waals surface area (Å²) < 4.78 is 4.86. The normalized spacial score (nSPS) is 15.8. The van der Waals surface area contributed by atoms with Gasteiger partial charge < -0.3 is 9.64 Å². The maximum absolute atomic E-state index is 12.5. The quantitative estimate of drug-likeness (QED) is 0.479. The molecule has 0 saturated carbocycles. The minimum atomic E-state index is -0.909. The molecular formula is C14H16N2O5. The number of rotatable bonds is 4. The largest absolute Gasteiger partial charge is 0.465 e. The number of carbonyl (C=O) groups excluding carboxylic acids is 2. The third-order valence-corrected chi connectivity index (χ3v) is 3.53. The van der Waals surface area contributed by atoms with Gasteiger partial charge in [-0.2, -0.15) is 0 Å². The summed E-state index contributed by atoms with van der Waals surface area (Å²) in [4.78, 5) is 35.8. The fraction of sp³-hybridized carbons (Fsp3) is 0.429. The number of non-ortho nitro benzene ring substituents is 1. The average Bonchev–Trinajstić information content (AvgIpc) is 2.60. The Bertz CT molecular complexity index is 624. The molecule has 0 saturated heterocycles. The van der Waals surface area contributed by atoms with Crippen LogP contribution in [0.25, 0.3) is 0 Å². The average molecular weight is 292 g/mol. The number of amides is 1. The lowest BCUT2D eigenvalue weighted by Crippen LogP contribution is -2.39. The van der Waals surface area contributed by atoms with Gasteiger partial charge in [0, 0.05) is 17.8 Å². The van der Waals surface area contributed by atoms with Gasteiger partial charge in [-0.3, -0.25) is 19.7 Å². The molecule has 7 nitrogen and oxygen atoms in total. The first kappa shape index (κ1) is 15.0. The molecule has 0 atom stereocenters. The number of fused-ring (bicyclic) bond motifs is 1. The standard InChI is InChI=1S/C14H16N2O5/c1-4-21-12(17)8-15-11-6-5-9(16(19)20)7-10(11)14(2,3)13(15)18/h5-7H,4,8H2,1-3H3. The van der Waals surface area contributed by atoms with E-state index < -0.39 is 16.3 Å². The minimum absolute atomic E-state index is 0.0763. The van der Waals surface area contributed by atoms with E-state index in [1.54, 1.807) is 20.8 Å². The lowest BCUT2D eigenvalue weighted by Gasteiger charge is -2.19. The molecule has 1 aliphatic rings. The van der Waals surface area contributed by atoms with Crippen LogP contribution in [0.4, 0.5) is 11.4 Å². The Hall–Kier alpha value is -2.44. The van der Waals surface area contributed by atoms with E-state index in [2.05, 4.69) is 0 Å². The lowest BCUT2D eigenvalue weighted by atomic mass is 9.86. The zero-order valence-corrected chi connectivity index (χ0v) is 12.1. The van der Waals surface area contributed by atoms with Crippen molar-refractivity contribution in [1.29, 1.82) is 0 Å². The molecule has 0 bridgehead atoms. The van der Waals surface area contributed by atoms with Gasteiger partial charge in [0.15, 0.2) is 0 Å². The zero-order chi connectivity index (χ0) is 15.8. The number of nitro benzene ring substituents is 1. The van der Waals surface area contributed by atoms with Crippen LogP contribution in [0.3, 0.4) is 0 Å². The first-order chi connectivity index (χ1) is 9.78. The number of hydrogen-bond donors (Lipinski definition) is 0. The Balaban J connectivity index is 2.43. The van der Waals surface area contributed by atoms with Crippen molar-refractivity contribution < 1.29 is 19.2 Å². The zero-order valence-electron chi connectivity index (χ0n) is 12.1. The van der Waals surface area contributed by atoms with Gasteiger partial charge in [-0.1, -0.05) is 0 Å². The van der Waals surface area contributed by atoms with Crippen molar-refractivity contribution in [2.24, 2.45) is 0 Å². The summed E-state index contributed by atoms with van der Waals surface area (Å²) in [5.74, 6) is -0.779. The SMILES string of the molecule is CCOC(=O)CN1C(=O)C(C)(C)c2cc([N+](=O)[O-])ccc21. The van der Waals surface area contributed by atoms with E-state index in [-0.39, 0.29) is 24.7 Å². The maximum atomic E-state index is 12.5. The minimum Gasteiger partial charge on any atom is -0.465 e. The van der Waals surface area contributed by atoms with E-state index in [0.29, 0.717) is 11.3 Å². The van der Waals surface area contributed by atoms with Crippen molar-refractivity contribution in [3.05, 3.63) is 33.9 Å². The van der Waals surface area contributed by atoms with E-state index in [9.17, 15) is 19.7 Å². The molecule has 0 unspecified atom stereocenters. The molecule has 0 N–H and O–H groups in total. The van der Waals surface area contributed by atoms with Gasteiger partial charge in [0.25, 0.3) is 5.69 Å². The Labute approximate surface area is 121 Å². The van der Waals surface area contributed by atoms with Crippen molar-refractivity contribution in [1.82, 2.24) is 0 Å². The second-order valence-electron chi connectivity index (χ2n) is 5.28. The molecule has 0 spiro atoms. The molecule has 1 amide bonds. The summed E-state index contributed by atoms with van der Waals surface area (Å²) in [6, 6.07) is 4.21. The van der Waals surface area contributed by atoms with Crippen LogP contribution in [0.15, 0.2) is 18.2 Å². The highest BCUT2D eigenvalue weighted by Gasteiger charge is 2.45. The van der Waals surface area contributed by atoms with Crippen LogP contribution < -0.4 is 4.90 Å². The van der Waals surface area contributed by atoms with Gasteiger partial charge in [0.1, 0.15) is 6.54 Å². The molecule has 2 rings (SSSR count). The van der Waals surface area contributed by atoms with E-state index in [0.717, 1.165) is 0 Å². The molecular weight excluding hydrogens is 276 g/mol. The molecule has 1 aliphatic heterocycles. The second kappa shape index (κ2) is 5.16. The molecule has 1 aromatic carbocycles. The van der Waals surface area contributed by atoms with Gasteiger partial charge in [0.05, 0.1) is 16.9 Å². The van der Waals surface area contributed by atoms with Gasteiger partial charge >= 0.3 is 5.97 Å². The van der Waals surface area contributed by atoms with Crippen LogP contribution in [-0.4, -0.2) is 30.0 Å². The molecule has 0 aliphatic carbocycles. The number of nitrogens with zero attached hydrogens (tertiary/aromatic N) is 2. The van der Waals surface area contributed by atoms with Crippen molar-refractivity contribution >= 4 is 23.3 Å². The third kappa shape index (κ3) is 2.46. The summed E-state index contributed by atoms with van der Waals surface area (Å²) in [6.45, 7) is 5.09. The molecule has 1 aromatic rings. The predicted molar refractivity (Wildman–Crippen MR) is 75.1 cm³/mol. The van der Waals surface area contributed by atoms with E-state index in [1.165, 1.54) is 23.1 Å². The third-order valence-electron chi connectivity index (χ3n) is 3.53. The van der Waals surface area contributed by atoms with E-state index >= 15 is 0 Å². The number of nitro groups is 1. The van der Waals surface area contributed by atoms with Crippen LogP contribution >= 0.6 is 0 Å².